The zero-order valence-corrected chi connectivity index (χ0v) is 28.8. The number of hydrogen-bond donors (Lipinski definition) is 12. The molecule has 0 spiro atoms. The van der Waals surface area contributed by atoms with Crippen LogP contribution >= 0.6 is 0 Å². The van der Waals surface area contributed by atoms with Gasteiger partial charge in [-0.1, -0.05) is 18.9 Å². The lowest BCUT2D eigenvalue weighted by atomic mass is 9.95. The quantitative estimate of drug-likeness (QED) is 0.0486. The van der Waals surface area contributed by atoms with E-state index >= 15 is 0 Å². The van der Waals surface area contributed by atoms with Gasteiger partial charge < -0.3 is 99.2 Å². The summed E-state index contributed by atoms with van der Waals surface area (Å²) in [6.07, 6.45) is -28.0. The van der Waals surface area contributed by atoms with Gasteiger partial charge in [-0.25, -0.2) is 0 Å². The molecule has 12 N–H and O–H groups in total. The smallest absolute Gasteiger partial charge is 0.187 e. The monoisotopic (exact) mass is 760 g/mol. The highest BCUT2D eigenvalue weighted by molar-refractivity contribution is 4.98. The van der Waals surface area contributed by atoms with E-state index in [4.69, 9.17) is 37.9 Å². The van der Waals surface area contributed by atoms with Crippen molar-refractivity contribution in [3.05, 3.63) is 12.7 Å². The van der Waals surface area contributed by atoms with Crippen LogP contribution in [0.2, 0.25) is 0 Å². The molecule has 0 aromatic carbocycles. The molecule has 0 radical (unpaired) electrons. The third-order valence-corrected chi connectivity index (χ3v) is 9.74. The average molecular weight is 761 g/mol. The fraction of sp³-hybridized carbons (Fsp3) is 0.938. The molecule has 4 aliphatic rings. The Morgan fingerprint density at radius 1 is 0.481 bits per heavy atom. The normalized spacial score (nSPS) is 47.3. The van der Waals surface area contributed by atoms with Gasteiger partial charge in [-0.05, 0) is 26.2 Å². The highest BCUT2D eigenvalue weighted by atomic mass is 16.8. The molecule has 4 fully saturated rings. The summed E-state index contributed by atoms with van der Waals surface area (Å²) in [5, 5.41) is 126. The van der Waals surface area contributed by atoms with Gasteiger partial charge in [0.25, 0.3) is 0 Å². The highest BCUT2D eigenvalue weighted by Gasteiger charge is 2.56. The zero-order valence-electron chi connectivity index (χ0n) is 28.8. The van der Waals surface area contributed by atoms with Crippen molar-refractivity contribution in [3.8, 4) is 0 Å². The molecule has 4 heterocycles. The molecule has 0 aliphatic carbocycles. The highest BCUT2D eigenvalue weighted by Crippen LogP contribution is 2.36. The zero-order chi connectivity index (χ0) is 38.3. The van der Waals surface area contributed by atoms with Crippen molar-refractivity contribution in [1.82, 2.24) is 0 Å². The molecule has 4 rings (SSSR count). The molecule has 0 aromatic heterocycles. The number of allylic oxidation sites excluding steroid dienone is 1. The molecule has 4 saturated heterocycles. The van der Waals surface area contributed by atoms with Crippen LogP contribution < -0.4 is 0 Å². The van der Waals surface area contributed by atoms with Crippen LogP contribution in [0.25, 0.3) is 0 Å². The summed E-state index contributed by atoms with van der Waals surface area (Å²) in [5.74, 6) is 0. The first-order valence-electron chi connectivity index (χ1n) is 17.5. The minimum Gasteiger partial charge on any atom is -0.394 e. The van der Waals surface area contributed by atoms with Crippen molar-refractivity contribution in [2.24, 2.45) is 0 Å². The van der Waals surface area contributed by atoms with Crippen molar-refractivity contribution in [1.29, 1.82) is 0 Å². The molecule has 20 nitrogen and oxygen atoms in total. The van der Waals surface area contributed by atoms with E-state index in [0.29, 0.717) is 6.42 Å². The Hall–Kier alpha value is -1.06. The van der Waals surface area contributed by atoms with E-state index in [1.165, 1.54) is 6.92 Å². The van der Waals surface area contributed by atoms with Crippen LogP contribution in [-0.4, -0.2) is 211 Å². The van der Waals surface area contributed by atoms with Gasteiger partial charge in [0.2, 0.25) is 0 Å². The summed E-state index contributed by atoms with van der Waals surface area (Å²) in [4.78, 5) is 0. The maximum absolute atomic E-state index is 11.3. The Bertz CT molecular complexity index is 1060. The third kappa shape index (κ3) is 10.0. The lowest BCUT2D eigenvalue weighted by Gasteiger charge is -2.50. The molecule has 8 unspecified atom stereocenters. The van der Waals surface area contributed by atoms with Crippen molar-refractivity contribution >= 4 is 0 Å². The molecule has 52 heavy (non-hydrogen) atoms. The minimum atomic E-state index is -1.97. The van der Waals surface area contributed by atoms with Gasteiger partial charge >= 0.3 is 0 Å². The second-order valence-electron chi connectivity index (χ2n) is 13.5. The van der Waals surface area contributed by atoms with E-state index in [-0.39, 0.29) is 6.61 Å². The number of aliphatic hydroxyl groups is 12. The molecule has 0 bridgehead atoms. The number of rotatable bonds is 17. The van der Waals surface area contributed by atoms with E-state index in [0.717, 1.165) is 25.7 Å². The van der Waals surface area contributed by atoms with Gasteiger partial charge in [-0.2, -0.15) is 0 Å². The van der Waals surface area contributed by atoms with E-state index in [1.54, 1.807) is 0 Å². The van der Waals surface area contributed by atoms with Crippen molar-refractivity contribution in [2.75, 3.05) is 26.4 Å². The van der Waals surface area contributed by atoms with E-state index < -0.39 is 143 Å². The number of aliphatic hydroxyl groups excluding tert-OH is 12. The van der Waals surface area contributed by atoms with Crippen molar-refractivity contribution < 1.29 is 99.2 Å². The summed E-state index contributed by atoms with van der Waals surface area (Å²) in [7, 11) is 0. The number of ether oxygens (including phenoxy) is 8. The van der Waals surface area contributed by atoms with Crippen LogP contribution in [0, 0.1) is 0 Å². The lowest BCUT2D eigenvalue weighted by Crippen LogP contribution is -2.68. The van der Waals surface area contributed by atoms with E-state index in [2.05, 4.69) is 6.58 Å². The van der Waals surface area contributed by atoms with E-state index in [1.807, 2.05) is 6.08 Å². The summed E-state index contributed by atoms with van der Waals surface area (Å²) in [6, 6.07) is 0. The Morgan fingerprint density at radius 2 is 0.962 bits per heavy atom. The SMILES string of the molecule is C=CCCCCCCO[C@@H]1OC(CO)[C@H](O)[C@H](O[C@@H]2OC(CO)[C@H](O)[C@H](O[C@H]3OC(CO)[C@H](O)[C@H](O)C3O)C2O[C@@H]2OC(C)[C@@H](O)[C@H](O)C2O)C1O. The Kier molecular flexibility index (Phi) is 17.0. The first kappa shape index (κ1) is 43.7. The summed E-state index contributed by atoms with van der Waals surface area (Å²) < 4.78 is 46.1. The molecular formula is C32H56O20. The summed E-state index contributed by atoms with van der Waals surface area (Å²) in [6.45, 7) is 2.75. The fourth-order valence-corrected chi connectivity index (χ4v) is 6.52. The van der Waals surface area contributed by atoms with Gasteiger partial charge in [-0.3, -0.25) is 0 Å². The van der Waals surface area contributed by atoms with Crippen LogP contribution in [0.15, 0.2) is 12.7 Å². The van der Waals surface area contributed by atoms with Gasteiger partial charge in [0.1, 0.15) is 91.6 Å². The van der Waals surface area contributed by atoms with Crippen LogP contribution in [-0.2, 0) is 37.9 Å². The molecule has 0 saturated carbocycles. The lowest BCUT2D eigenvalue weighted by molar-refractivity contribution is -0.405. The Labute approximate surface area is 300 Å². The van der Waals surface area contributed by atoms with Gasteiger partial charge in [0, 0.05) is 6.61 Å². The molecule has 20 atom stereocenters. The maximum atomic E-state index is 11.3. The molecule has 0 aromatic rings. The summed E-state index contributed by atoms with van der Waals surface area (Å²) in [5.41, 5.74) is 0. The van der Waals surface area contributed by atoms with E-state index in [9.17, 15) is 61.3 Å². The number of hydrogen-bond acceptors (Lipinski definition) is 20. The predicted octanol–water partition coefficient (Wildman–Crippen LogP) is -5.56. The van der Waals surface area contributed by atoms with Crippen LogP contribution in [0.3, 0.4) is 0 Å². The van der Waals surface area contributed by atoms with Crippen molar-refractivity contribution in [3.63, 3.8) is 0 Å². The Morgan fingerprint density at radius 3 is 1.58 bits per heavy atom. The summed E-state index contributed by atoms with van der Waals surface area (Å²) >= 11 is 0. The third-order valence-electron chi connectivity index (χ3n) is 9.74. The average Bonchev–Trinajstić information content (AvgIpc) is 3.13. The van der Waals surface area contributed by atoms with Gasteiger partial charge in [0.15, 0.2) is 25.2 Å². The molecule has 20 heteroatoms. The van der Waals surface area contributed by atoms with Crippen LogP contribution in [0.5, 0.6) is 0 Å². The minimum absolute atomic E-state index is 0.138. The molecular weight excluding hydrogens is 704 g/mol. The molecule has 4 aliphatic heterocycles. The van der Waals surface area contributed by atoms with Crippen LogP contribution in [0.4, 0.5) is 0 Å². The second kappa shape index (κ2) is 20.2. The predicted molar refractivity (Wildman–Crippen MR) is 169 cm³/mol. The topological polar surface area (TPSA) is 317 Å². The van der Waals surface area contributed by atoms with Crippen molar-refractivity contribution in [2.45, 2.75) is 162 Å². The first-order valence-corrected chi connectivity index (χ1v) is 17.5. The molecule has 0 amide bonds. The Balaban J connectivity index is 1.62. The maximum Gasteiger partial charge on any atom is 0.187 e. The largest absolute Gasteiger partial charge is 0.394 e. The number of unbranched alkanes of at least 4 members (excludes halogenated alkanes) is 4. The fourth-order valence-electron chi connectivity index (χ4n) is 6.52. The van der Waals surface area contributed by atoms with Gasteiger partial charge in [-0.15, -0.1) is 6.58 Å². The second-order valence-corrected chi connectivity index (χ2v) is 13.5. The first-order chi connectivity index (χ1) is 24.8. The van der Waals surface area contributed by atoms with Crippen LogP contribution in [0.1, 0.15) is 39.0 Å². The van der Waals surface area contributed by atoms with Gasteiger partial charge in [0.05, 0.1) is 25.9 Å². The standard InChI is InChI=1S/C32H56O20/c1-3-4-5-6-7-8-9-45-29-25(44)26(19(38)15(11-34)47-29)50-32-28(52-30-23(42)21(40)17(36)13(2)46-30)27(20(39)16(12-35)49-32)51-31-24(43)22(41)18(37)14(10-33)48-31/h3,13-44H,1,4-12H2,2H3/t13?,14?,15?,16?,17-,18+,19+,20+,21+,22+,23?,24?,25?,26+,27+,28?,29-,30+,31-,32+/m1/s1. The molecule has 304 valence electrons.